The van der Waals surface area contributed by atoms with Gasteiger partial charge in [0.05, 0.1) is 6.61 Å². The SMILES string of the molecule is CCC1(CC)O[C@H]2COC(O)[C@H]2O1. The van der Waals surface area contributed by atoms with Crippen LogP contribution in [-0.2, 0) is 14.2 Å². The van der Waals surface area contributed by atoms with E-state index < -0.39 is 12.1 Å². The molecule has 0 aromatic heterocycles. The van der Waals surface area contributed by atoms with Gasteiger partial charge in [0.1, 0.15) is 12.2 Å². The summed E-state index contributed by atoms with van der Waals surface area (Å²) >= 11 is 0. The number of aliphatic hydroxyl groups is 1. The first-order valence-electron chi connectivity index (χ1n) is 4.86. The maximum atomic E-state index is 9.40. The fourth-order valence-electron chi connectivity index (χ4n) is 1.94. The molecule has 2 aliphatic heterocycles. The van der Waals surface area contributed by atoms with E-state index in [0.29, 0.717) is 6.61 Å². The second-order valence-electron chi connectivity index (χ2n) is 3.58. The highest BCUT2D eigenvalue weighted by molar-refractivity contribution is 4.90. The largest absolute Gasteiger partial charge is 0.366 e. The standard InChI is InChI=1S/C9H16O4/c1-3-9(4-2)12-6-5-11-8(10)7(6)13-9/h6-8,10H,3-5H2,1-2H3/t6-,7-,8?/m0/s1. The van der Waals surface area contributed by atoms with Crippen LogP contribution < -0.4 is 0 Å². The maximum Gasteiger partial charge on any atom is 0.184 e. The third-order valence-corrected chi connectivity index (χ3v) is 2.87. The van der Waals surface area contributed by atoms with Crippen LogP contribution in [0.4, 0.5) is 0 Å². The Hall–Kier alpha value is -0.160. The van der Waals surface area contributed by atoms with E-state index in [1.807, 2.05) is 13.8 Å². The van der Waals surface area contributed by atoms with E-state index in [1.54, 1.807) is 0 Å². The molecule has 0 amide bonds. The van der Waals surface area contributed by atoms with Crippen molar-refractivity contribution in [2.45, 2.75) is 51.0 Å². The lowest BCUT2D eigenvalue weighted by Crippen LogP contribution is -2.32. The predicted octanol–water partition coefficient (Wildman–Crippen LogP) is 0.635. The van der Waals surface area contributed by atoms with Gasteiger partial charge in [-0.25, -0.2) is 0 Å². The Bertz CT molecular complexity index is 190. The highest BCUT2D eigenvalue weighted by atomic mass is 16.8. The summed E-state index contributed by atoms with van der Waals surface area (Å²) in [7, 11) is 0. The average molecular weight is 188 g/mol. The van der Waals surface area contributed by atoms with Gasteiger partial charge in [-0.15, -0.1) is 0 Å². The summed E-state index contributed by atoms with van der Waals surface area (Å²) in [5.41, 5.74) is 0. The Balaban J connectivity index is 2.08. The molecule has 0 spiro atoms. The number of ether oxygens (including phenoxy) is 3. The van der Waals surface area contributed by atoms with Gasteiger partial charge in [-0.05, 0) is 12.8 Å². The van der Waals surface area contributed by atoms with Crippen molar-refractivity contribution in [3.05, 3.63) is 0 Å². The molecule has 76 valence electrons. The Morgan fingerprint density at radius 1 is 1.31 bits per heavy atom. The number of hydrogen-bond acceptors (Lipinski definition) is 4. The minimum absolute atomic E-state index is 0.0881. The van der Waals surface area contributed by atoms with Crippen molar-refractivity contribution in [1.82, 2.24) is 0 Å². The fraction of sp³-hybridized carbons (Fsp3) is 1.00. The van der Waals surface area contributed by atoms with Crippen molar-refractivity contribution in [2.75, 3.05) is 6.61 Å². The van der Waals surface area contributed by atoms with Gasteiger partial charge in [-0.1, -0.05) is 13.8 Å². The van der Waals surface area contributed by atoms with Crippen molar-refractivity contribution < 1.29 is 19.3 Å². The molecule has 2 heterocycles. The molecule has 4 heteroatoms. The van der Waals surface area contributed by atoms with Gasteiger partial charge in [0.2, 0.25) is 0 Å². The van der Waals surface area contributed by atoms with E-state index in [-0.39, 0.29) is 12.2 Å². The lowest BCUT2D eigenvalue weighted by atomic mass is 10.1. The quantitative estimate of drug-likeness (QED) is 0.690. The maximum absolute atomic E-state index is 9.40. The number of hydrogen-bond donors (Lipinski definition) is 1. The first-order valence-corrected chi connectivity index (χ1v) is 4.86. The van der Waals surface area contributed by atoms with Gasteiger partial charge in [0.15, 0.2) is 12.1 Å². The van der Waals surface area contributed by atoms with Crippen molar-refractivity contribution >= 4 is 0 Å². The molecule has 4 nitrogen and oxygen atoms in total. The molecule has 1 N–H and O–H groups in total. The summed E-state index contributed by atoms with van der Waals surface area (Å²) in [4.78, 5) is 0. The van der Waals surface area contributed by atoms with Gasteiger partial charge in [-0.2, -0.15) is 0 Å². The summed E-state index contributed by atoms with van der Waals surface area (Å²) < 4.78 is 16.4. The number of aliphatic hydroxyl groups excluding tert-OH is 1. The summed E-state index contributed by atoms with van der Waals surface area (Å²) in [6, 6.07) is 0. The summed E-state index contributed by atoms with van der Waals surface area (Å²) in [5, 5.41) is 9.40. The van der Waals surface area contributed by atoms with Gasteiger partial charge in [-0.3, -0.25) is 0 Å². The molecular formula is C9H16O4. The molecular weight excluding hydrogens is 172 g/mol. The van der Waals surface area contributed by atoms with Gasteiger partial charge in [0, 0.05) is 0 Å². The molecule has 0 radical (unpaired) electrons. The average Bonchev–Trinajstić information content (AvgIpc) is 2.67. The van der Waals surface area contributed by atoms with Crippen LogP contribution in [0.2, 0.25) is 0 Å². The number of fused-ring (bicyclic) bond motifs is 1. The minimum Gasteiger partial charge on any atom is -0.366 e. The Kier molecular flexibility index (Phi) is 2.32. The van der Waals surface area contributed by atoms with Crippen molar-refractivity contribution in [3.63, 3.8) is 0 Å². The van der Waals surface area contributed by atoms with E-state index in [4.69, 9.17) is 14.2 Å². The minimum atomic E-state index is -0.815. The van der Waals surface area contributed by atoms with Crippen LogP contribution in [0.15, 0.2) is 0 Å². The van der Waals surface area contributed by atoms with E-state index in [2.05, 4.69) is 0 Å². The third-order valence-electron chi connectivity index (χ3n) is 2.87. The molecule has 2 rings (SSSR count). The zero-order chi connectivity index (χ0) is 9.47. The van der Waals surface area contributed by atoms with Crippen LogP contribution in [0.25, 0.3) is 0 Å². The molecule has 0 aliphatic carbocycles. The molecule has 2 saturated heterocycles. The molecule has 0 aromatic rings. The molecule has 13 heavy (non-hydrogen) atoms. The van der Waals surface area contributed by atoms with Gasteiger partial charge < -0.3 is 19.3 Å². The normalized spacial score (nSPS) is 42.2. The molecule has 3 atom stereocenters. The first-order chi connectivity index (χ1) is 6.21. The van der Waals surface area contributed by atoms with Crippen LogP contribution in [0.1, 0.15) is 26.7 Å². The number of rotatable bonds is 2. The summed E-state index contributed by atoms with van der Waals surface area (Å²) in [6.45, 7) is 4.49. The Morgan fingerprint density at radius 2 is 2.00 bits per heavy atom. The molecule has 0 aromatic carbocycles. The van der Waals surface area contributed by atoms with Gasteiger partial charge >= 0.3 is 0 Å². The van der Waals surface area contributed by atoms with E-state index >= 15 is 0 Å². The highest BCUT2D eigenvalue weighted by Gasteiger charge is 2.52. The van der Waals surface area contributed by atoms with Crippen molar-refractivity contribution in [3.8, 4) is 0 Å². The molecule has 0 bridgehead atoms. The van der Waals surface area contributed by atoms with E-state index in [1.165, 1.54) is 0 Å². The summed E-state index contributed by atoms with van der Waals surface area (Å²) in [5.74, 6) is -0.486. The predicted molar refractivity (Wildman–Crippen MR) is 45.0 cm³/mol. The van der Waals surface area contributed by atoms with Crippen molar-refractivity contribution in [1.29, 1.82) is 0 Å². The Morgan fingerprint density at radius 3 is 2.54 bits per heavy atom. The van der Waals surface area contributed by atoms with Crippen LogP contribution in [0, 0.1) is 0 Å². The summed E-state index contributed by atoms with van der Waals surface area (Å²) in [6.07, 6.45) is 0.423. The van der Waals surface area contributed by atoms with Crippen LogP contribution in [-0.4, -0.2) is 36.0 Å². The molecule has 2 aliphatic rings. The zero-order valence-electron chi connectivity index (χ0n) is 8.03. The fourth-order valence-corrected chi connectivity index (χ4v) is 1.94. The first kappa shape index (κ1) is 9.40. The van der Waals surface area contributed by atoms with Crippen LogP contribution >= 0.6 is 0 Å². The Labute approximate surface area is 77.8 Å². The second kappa shape index (κ2) is 3.20. The third kappa shape index (κ3) is 1.38. The van der Waals surface area contributed by atoms with Gasteiger partial charge in [0.25, 0.3) is 0 Å². The van der Waals surface area contributed by atoms with Crippen LogP contribution in [0.5, 0.6) is 0 Å². The monoisotopic (exact) mass is 188 g/mol. The van der Waals surface area contributed by atoms with Crippen LogP contribution in [0.3, 0.4) is 0 Å². The van der Waals surface area contributed by atoms with E-state index in [0.717, 1.165) is 12.8 Å². The molecule has 1 unspecified atom stereocenters. The smallest absolute Gasteiger partial charge is 0.184 e. The molecule has 2 fully saturated rings. The molecule has 0 saturated carbocycles. The second-order valence-corrected chi connectivity index (χ2v) is 3.58. The highest BCUT2D eigenvalue weighted by Crippen LogP contribution is 2.38. The van der Waals surface area contributed by atoms with Crippen molar-refractivity contribution in [2.24, 2.45) is 0 Å². The van der Waals surface area contributed by atoms with E-state index in [9.17, 15) is 5.11 Å². The topological polar surface area (TPSA) is 47.9 Å². The lowest BCUT2D eigenvalue weighted by Gasteiger charge is -2.26. The lowest BCUT2D eigenvalue weighted by molar-refractivity contribution is -0.226. The zero-order valence-corrected chi connectivity index (χ0v) is 8.03.